The molecular weight excluding hydrogens is 268 g/mol. The van der Waals surface area contributed by atoms with Gasteiger partial charge in [-0.1, -0.05) is 0 Å². The molecule has 3 rings (SSSR count). The van der Waals surface area contributed by atoms with E-state index in [1.54, 1.807) is 0 Å². The SMILES string of the molecule is Cc1[nH]nc2c1c(=O)oc1c(F)c(F)c(F)c(F)c12. The summed E-state index contributed by atoms with van der Waals surface area (Å²) in [6.07, 6.45) is 0. The van der Waals surface area contributed by atoms with Crippen LogP contribution < -0.4 is 5.63 Å². The Labute approximate surface area is 101 Å². The van der Waals surface area contributed by atoms with Gasteiger partial charge in [-0.3, -0.25) is 5.10 Å². The lowest BCUT2D eigenvalue weighted by molar-refractivity contribution is 0.406. The number of rotatable bonds is 0. The van der Waals surface area contributed by atoms with Gasteiger partial charge in [-0.2, -0.15) is 9.49 Å². The lowest BCUT2D eigenvalue weighted by atomic mass is 10.1. The Morgan fingerprint density at radius 1 is 1.00 bits per heavy atom. The van der Waals surface area contributed by atoms with Crippen molar-refractivity contribution >= 4 is 21.9 Å². The smallest absolute Gasteiger partial charge is 0.347 e. The van der Waals surface area contributed by atoms with Crippen molar-refractivity contribution in [2.75, 3.05) is 0 Å². The molecule has 19 heavy (non-hydrogen) atoms. The van der Waals surface area contributed by atoms with Crippen molar-refractivity contribution in [1.29, 1.82) is 0 Å². The molecule has 0 aliphatic carbocycles. The molecule has 0 fully saturated rings. The highest BCUT2D eigenvalue weighted by Crippen LogP contribution is 2.30. The number of benzene rings is 1. The Kier molecular flexibility index (Phi) is 2.19. The van der Waals surface area contributed by atoms with Crippen LogP contribution in [0.4, 0.5) is 17.6 Å². The Balaban J connectivity index is 2.75. The maximum absolute atomic E-state index is 13.7. The lowest BCUT2D eigenvalue weighted by Gasteiger charge is -2.03. The highest BCUT2D eigenvalue weighted by atomic mass is 19.2. The normalized spacial score (nSPS) is 11.6. The molecule has 8 heteroatoms. The Bertz CT molecular complexity index is 897. The molecule has 0 radical (unpaired) electrons. The van der Waals surface area contributed by atoms with Crippen molar-refractivity contribution in [3.8, 4) is 0 Å². The third-order valence-electron chi connectivity index (χ3n) is 2.81. The molecule has 0 spiro atoms. The van der Waals surface area contributed by atoms with E-state index in [4.69, 9.17) is 0 Å². The molecule has 0 amide bonds. The zero-order chi connectivity index (χ0) is 13.9. The summed E-state index contributed by atoms with van der Waals surface area (Å²) in [5.74, 6) is -7.46. The van der Waals surface area contributed by atoms with Gasteiger partial charge in [-0.05, 0) is 6.92 Å². The second kappa shape index (κ2) is 3.56. The van der Waals surface area contributed by atoms with Crippen LogP contribution in [0.15, 0.2) is 9.21 Å². The molecule has 0 aliphatic rings. The first-order chi connectivity index (χ1) is 8.93. The van der Waals surface area contributed by atoms with E-state index in [-0.39, 0.29) is 16.6 Å². The average molecular weight is 272 g/mol. The number of nitrogens with zero attached hydrogens (tertiary/aromatic N) is 1. The summed E-state index contributed by atoms with van der Waals surface area (Å²) in [6.45, 7) is 1.45. The lowest BCUT2D eigenvalue weighted by Crippen LogP contribution is -2.05. The topological polar surface area (TPSA) is 58.9 Å². The largest absolute Gasteiger partial charge is 0.419 e. The van der Waals surface area contributed by atoms with Crippen molar-refractivity contribution in [2.45, 2.75) is 6.92 Å². The van der Waals surface area contributed by atoms with E-state index in [9.17, 15) is 22.4 Å². The van der Waals surface area contributed by atoms with Crippen LogP contribution >= 0.6 is 0 Å². The minimum Gasteiger partial charge on any atom is -0.419 e. The molecular formula is C11H4F4N2O2. The third-order valence-corrected chi connectivity index (χ3v) is 2.81. The van der Waals surface area contributed by atoms with Crippen molar-refractivity contribution in [2.24, 2.45) is 0 Å². The maximum atomic E-state index is 13.7. The molecule has 1 N–H and O–H groups in total. The van der Waals surface area contributed by atoms with E-state index in [1.807, 2.05) is 0 Å². The minimum atomic E-state index is -2.04. The first-order valence-electron chi connectivity index (χ1n) is 5.07. The van der Waals surface area contributed by atoms with Crippen LogP contribution in [0.3, 0.4) is 0 Å². The van der Waals surface area contributed by atoms with E-state index >= 15 is 0 Å². The summed E-state index contributed by atoms with van der Waals surface area (Å²) in [4.78, 5) is 11.6. The molecule has 0 atom stereocenters. The molecule has 0 bridgehead atoms. The van der Waals surface area contributed by atoms with E-state index in [1.165, 1.54) is 6.92 Å². The van der Waals surface area contributed by atoms with Crippen LogP contribution in [0.5, 0.6) is 0 Å². The number of fused-ring (bicyclic) bond motifs is 3. The monoisotopic (exact) mass is 272 g/mol. The molecule has 4 nitrogen and oxygen atoms in total. The summed E-state index contributed by atoms with van der Waals surface area (Å²) in [6, 6.07) is 0. The number of aromatic nitrogens is 2. The van der Waals surface area contributed by atoms with Crippen LogP contribution in [0.2, 0.25) is 0 Å². The average Bonchev–Trinajstić information content (AvgIpc) is 2.76. The van der Waals surface area contributed by atoms with Gasteiger partial charge in [0, 0.05) is 5.69 Å². The number of hydrogen-bond acceptors (Lipinski definition) is 3. The summed E-state index contributed by atoms with van der Waals surface area (Å²) in [7, 11) is 0. The zero-order valence-corrected chi connectivity index (χ0v) is 9.28. The predicted octanol–water partition coefficient (Wildman–Crippen LogP) is 2.53. The summed E-state index contributed by atoms with van der Waals surface area (Å²) in [5.41, 5.74) is -2.08. The molecule has 0 saturated heterocycles. The molecule has 0 saturated carbocycles. The first kappa shape index (κ1) is 11.7. The van der Waals surface area contributed by atoms with Crippen molar-refractivity contribution in [1.82, 2.24) is 10.2 Å². The number of aromatic amines is 1. The highest BCUT2D eigenvalue weighted by molar-refractivity contribution is 6.03. The molecule has 98 valence electrons. The minimum absolute atomic E-state index is 0.142. The fourth-order valence-corrected chi connectivity index (χ4v) is 1.92. The summed E-state index contributed by atoms with van der Waals surface area (Å²) in [5, 5.41) is 5.12. The number of halogens is 4. The van der Waals surface area contributed by atoms with Gasteiger partial charge in [0.2, 0.25) is 11.6 Å². The molecule has 2 aromatic heterocycles. The molecule has 2 heterocycles. The van der Waals surface area contributed by atoms with Crippen molar-refractivity contribution in [3.05, 3.63) is 39.4 Å². The van der Waals surface area contributed by atoms with Gasteiger partial charge in [0.1, 0.15) is 10.9 Å². The predicted molar refractivity (Wildman–Crippen MR) is 56.7 cm³/mol. The van der Waals surface area contributed by atoms with Gasteiger partial charge in [0.25, 0.3) is 0 Å². The van der Waals surface area contributed by atoms with Gasteiger partial charge < -0.3 is 4.42 Å². The molecule has 0 unspecified atom stereocenters. The third kappa shape index (κ3) is 1.33. The van der Waals surface area contributed by atoms with Gasteiger partial charge in [0.15, 0.2) is 17.2 Å². The zero-order valence-electron chi connectivity index (χ0n) is 9.28. The first-order valence-corrected chi connectivity index (χ1v) is 5.07. The van der Waals surface area contributed by atoms with E-state index in [2.05, 4.69) is 14.6 Å². The second-order valence-electron chi connectivity index (χ2n) is 3.92. The standard InChI is InChI=1S/C11H4F4N2O2/c1-2-3-9(17-16-2)4-5(12)6(13)7(14)8(15)10(4)19-11(3)18/h1H3,(H,16,17). The van der Waals surface area contributed by atoms with Crippen molar-refractivity contribution in [3.63, 3.8) is 0 Å². The van der Waals surface area contributed by atoms with E-state index in [0.29, 0.717) is 0 Å². The number of aryl methyl sites for hydroxylation is 1. The molecule has 1 aromatic carbocycles. The highest BCUT2D eigenvalue weighted by Gasteiger charge is 2.26. The Hall–Kier alpha value is -2.38. The van der Waals surface area contributed by atoms with Crippen LogP contribution in [-0.2, 0) is 0 Å². The number of H-pyrrole nitrogens is 1. The van der Waals surface area contributed by atoms with Gasteiger partial charge >= 0.3 is 5.63 Å². The van der Waals surface area contributed by atoms with Gasteiger partial charge in [0.05, 0.1) is 5.39 Å². The Morgan fingerprint density at radius 2 is 1.63 bits per heavy atom. The fourth-order valence-electron chi connectivity index (χ4n) is 1.92. The van der Waals surface area contributed by atoms with Crippen LogP contribution in [-0.4, -0.2) is 10.2 Å². The summed E-state index contributed by atoms with van der Waals surface area (Å²) >= 11 is 0. The van der Waals surface area contributed by atoms with Gasteiger partial charge in [-0.25, -0.2) is 18.0 Å². The van der Waals surface area contributed by atoms with Crippen LogP contribution in [0, 0.1) is 30.2 Å². The second-order valence-corrected chi connectivity index (χ2v) is 3.92. The number of hydrogen-bond donors (Lipinski definition) is 1. The Morgan fingerprint density at radius 3 is 2.32 bits per heavy atom. The molecule has 0 aliphatic heterocycles. The van der Waals surface area contributed by atoms with E-state index < -0.39 is 39.9 Å². The number of nitrogens with one attached hydrogen (secondary N) is 1. The maximum Gasteiger partial charge on any atom is 0.347 e. The fraction of sp³-hybridized carbons (Fsp3) is 0.0909. The molecule has 3 aromatic rings. The van der Waals surface area contributed by atoms with Crippen molar-refractivity contribution < 1.29 is 22.0 Å². The van der Waals surface area contributed by atoms with Crippen LogP contribution in [0.1, 0.15) is 5.69 Å². The van der Waals surface area contributed by atoms with Crippen LogP contribution in [0.25, 0.3) is 21.9 Å². The van der Waals surface area contributed by atoms with E-state index in [0.717, 1.165) is 0 Å². The summed E-state index contributed by atoms with van der Waals surface area (Å²) < 4.78 is 58.0. The van der Waals surface area contributed by atoms with Gasteiger partial charge in [-0.15, -0.1) is 0 Å². The quantitative estimate of drug-likeness (QED) is 0.296.